The number of carbonyl (C=O) groups is 2. The number of likely N-dealkylation sites (N-methyl/N-ethyl adjacent to an activating group) is 1. The van der Waals surface area contributed by atoms with Crippen LogP contribution in [-0.2, 0) is 9.59 Å². The summed E-state index contributed by atoms with van der Waals surface area (Å²) in [5, 5.41) is 17.9. The Morgan fingerprint density at radius 3 is 2.35 bits per heavy atom. The van der Waals surface area contributed by atoms with Crippen molar-refractivity contribution >= 4 is 44.7 Å². The molecule has 0 bridgehead atoms. The zero-order valence-corrected chi connectivity index (χ0v) is 12.0. The molecular formula is C9H16N2O4SSe. The number of carboxylic acids is 1. The molecule has 4 N–H and O–H groups in total. The van der Waals surface area contributed by atoms with E-state index in [4.69, 9.17) is 10.8 Å². The second-order valence-corrected chi connectivity index (χ2v) is 4.77. The molecule has 0 fully saturated rings. The molecule has 1 amide bonds. The van der Waals surface area contributed by atoms with E-state index in [0.29, 0.717) is 0 Å². The molecule has 0 aromatic carbocycles. The summed E-state index contributed by atoms with van der Waals surface area (Å²) in [6, 6.07) is -1.57. The zero-order chi connectivity index (χ0) is 13.6. The second kappa shape index (κ2) is 7.71. The molecule has 0 aromatic heterocycles. The first-order valence-corrected chi connectivity index (χ1v) is 6.37. The van der Waals surface area contributed by atoms with Gasteiger partial charge in [-0.05, 0) is 0 Å². The Kier molecular flexibility index (Phi) is 7.45. The van der Waals surface area contributed by atoms with Gasteiger partial charge in [-0.1, -0.05) is 0 Å². The van der Waals surface area contributed by atoms with Crippen LogP contribution < -0.4 is 5.73 Å². The number of nitrogens with zero attached hydrogens (tertiary/aromatic N) is 1. The van der Waals surface area contributed by atoms with Gasteiger partial charge < -0.3 is 0 Å². The van der Waals surface area contributed by atoms with E-state index in [-0.39, 0.29) is 29.1 Å². The summed E-state index contributed by atoms with van der Waals surface area (Å²) in [4.78, 5) is 23.5. The number of amides is 1. The number of carbonyl (C=O) groups excluding carboxylic acids is 1. The van der Waals surface area contributed by atoms with E-state index in [9.17, 15) is 14.7 Å². The van der Waals surface area contributed by atoms with Gasteiger partial charge in [0.2, 0.25) is 0 Å². The number of aliphatic hydroxyl groups excluding tert-OH is 1. The first-order valence-electron chi connectivity index (χ1n) is 4.89. The fraction of sp³-hybridized carbons (Fsp3) is 0.667. The maximum atomic E-state index is 11.7. The monoisotopic (exact) mass is 328 g/mol. The molecule has 0 spiro atoms. The van der Waals surface area contributed by atoms with E-state index in [0.717, 1.165) is 0 Å². The van der Waals surface area contributed by atoms with Crippen LogP contribution in [0.4, 0.5) is 0 Å². The maximum absolute atomic E-state index is 11.7. The first-order chi connectivity index (χ1) is 7.81. The van der Waals surface area contributed by atoms with Crippen LogP contribution in [-0.4, -0.2) is 72.1 Å². The number of aliphatic carboxylic acids is 1. The number of carboxylic acid groups (broad SMARTS) is 1. The predicted octanol–water partition coefficient (Wildman–Crippen LogP) is -1.39. The van der Waals surface area contributed by atoms with Crippen molar-refractivity contribution in [3.05, 3.63) is 0 Å². The minimum absolute atomic E-state index is 0.0154. The molecule has 0 saturated heterocycles. The summed E-state index contributed by atoms with van der Waals surface area (Å²) in [5.41, 5.74) is 5.29. The second-order valence-electron chi connectivity index (χ2n) is 3.52. The molecule has 8 heteroatoms. The SMILES string of the molecule is CN(C(=O)CCC(N)C(=O)O)C(CS)C(O)=[Se]. The van der Waals surface area contributed by atoms with Crippen LogP contribution in [0.1, 0.15) is 12.8 Å². The third kappa shape index (κ3) is 5.54. The van der Waals surface area contributed by atoms with Crippen molar-refractivity contribution < 1.29 is 19.8 Å². The van der Waals surface area contributed by atoms with Crippen molar-refractivity contribution in [2.45, 2.75) is 24.9 Å². The van der Waals surface area contributed by atoms with E-state index in [2.05, 4.69) is 28.2 Å². The molecule has 0 heterocycles. The van der Waals surface area contributed by atoms with Gasteiger partial charge in [0.15, 0.2) is 0 Å². The van der Waals surface area contributed by atoms with E-state index >= 15 is 0 Å². The third-order valence-corrected chi connectivity index (χ3v) is 3.22. The van der Waals surface area contributed by atoms with E-state index in [1.165, 1.54) is 11.9 Å². The average molecular weight is 327 g/mol. The van der Waals surface area contributed by atoms with Gasteiger partial charge in [0.1, 0.15) is 0 Å². The Morgan fingerprint density at radius 1 is 1.47 bits per heavy atom. The molecule has 0 aliphatic carbocycles. The van der Waals surface area contributed by atoms with Gasteiger partial charge in [-0.2, -0.15) is 0 Å². The first kappa shape index (κ1) is 16.4. The molecule has 0 aliphatic heterocycles. The minimum atomic E-state index is -1.13. The van der Waals surface area contributed by atoms with Gasteiger partial charge in [0, 0.05) is 0 Å². The standard InChI is InChI=1S/C9H16N2O4SSe/c1-11(6(4-16)9(15)17)7(12)3-2-5(10)8(13)14/h5-6,16H,2-4,10H2,1H3,(H,13,14)(H,15,17). The van der Waals surface area contributed by atoms with Crippen LogP contribution in [0.5, 0.6) is 0 Å². The van der Waals surface area contributed by atoms with E-state index in [1.54, 1.807) is 0 Å². The summed E-state index contributed by atoms with van der Waals surface area (Å²) in [7, 11) is 1.52. The van der Waals surface area contributed by atoms with Gasteiger partial charge in [0.25, 0.3) is 0 Å². The molecule has 98 valence electrons. The van der Waals surface area contributed by atoms with Crippen molar-refractivity contribution in [2.24, 2.45) is 5.73 Å². The molecule has 6 nitrogen and oxygen atoms in total. The normalized spacial score (nSPS) is 13.8. The van der Waals surface area contributed by atoms with Crippen LogP contribution in [0.2, 0.25) is 0 Å². The molecule has 0 radical (unpaired) electrons. The van der Waals surface area contributed by atoms with Crippen LogP contribution in [0.25, 0.3) is 0 Å². The number of hydrogen-bond acceptors (Lipinski definition) is 5. The predicted molar refractivity (Wildman–Crippen MR) is 68.0 cm³/mol. The number of thiol groups is 1. The Labute approximate surface area is 113 Å². The molecule has 0 saturated carbocycles. The van der Waals surface area contributed by atoms with Crippen molar-refractivity contribution in [2.75, 3.05) is 12.8 Å². The Morgan fingerprint density at radius 2 is 2.00 bits per heavy atom. The van der Waals surface area contributed by atoms with Crippen molar-refractivity contribution in [1.82, 2.24) is 4.90 Å². The topological polar surface area (TPSA) is 104 Å². The Hall–Kier alpha value is -0.561. The third-order valence-electron chi connectivity index (χ3n) is 2.31. The number of aliphatic hydroxyl groups is 1. The molecular weight excluding hydrogens is 311 g/mol. The fourth-order valence-corrected chi connectivity index (χ4v) is 2.32. The quantitative estimate of drug-likeness (QED) is 0.340. The van der Waals surface area contributed by atoms with Crippen molar-refractivity contribution in [3.63, 3.8) is 0 Å². The fourth-order valence-electron chi connectivity index (χ4n) is 1.12. The Balaban J connectivity index is 4.31. The van der Waals surface area contributed by atoms with Gasteiger partial charge >= 0.3 is 113 Å². The van der Waals surface area contributed by atoms with Gasteiger partial charge in [-0.3, -0.25) is 0 Å². The molecule has 0 aliphatic rings. The molecule has 0 aromatic rings. The zero-order valence-electron chi connectivity index (χ0n) is 9.37. The number of nitrogens with two attached hydrogens (primary N) is 1. The van der Waals surface area contributed by atoms with Gasteiger partial charge in [-0.15, -0.1) is 0 Å². The van der Waals surface area contributed by atoms with Crippen LogP contribution >= 0.6 is 12.6 Å². The molecule has 17 heavy (non-hydrogen) atoms. The summed E-state index contributed by atoms with van der Waals surface area (Å²) < 4.78 is -0.0293. The van der Waals surface area contributed by atoms with Gasteiger partial charge in [-0.25, -0.2) is 0 Å². The van der Waals surface area contributed by atoms with Crippen LogP contribution in [0, 0.1) is 0 Å². The summed E-state index contributed by atoms with van der Waals surface area (Å²) in [6.07, 6.45) is 0.0769. The number of rotatable bonds is 7. The van der Waals surface area contributed by atoms with Crippen molar-refractivity contribution in [3.8, 4) is 0 Å². The van der Waals surface area contributed by atoms with E-state index < -0.39 is 18.1 Å². The molecule has 2 atom stereocenters. The summed E-state index contributed by atoms with van der Waals surface area (Å²) in [5.74, 6) is -1.15. The Bertz CT molecular complexity index is 313. The van der Waals surface area contributed by atoms with Crippen LogP contribution in [0.3, 0.4) is 0 Å². The molecule has 2 unspecified atom stereocenters. The summed E-state index contributed by atoms with van der Waals surface area (Å²) >= 11 is 6.44. The number of hydrogen-bond donors (Lipinski definition) is 4. The van der Waals surface area contributed by atoms with Crippen molar-refractivity contribution in [1.29, 1.82) is 0 Å². The average Bonchev–Trinajstić information content (AvgIpc) is 2.25. The van der Waals surface area contributed by atoms with Crippen LogP contribution in [0.15, 0.2) is 0 Å². The van der Waals surface area contributed by atoms with Gasteiger partial charge in [0.05, 0.1) is 0 Å². The summed E-state index contributed by atoms with van der Waals surface area (Å²) in [6.45, 7) is 0. The molecule has 0 rings (SSSR count). The van der Waals surface area contributed by atoms with E-state index in [1.807, 2.05) is 0 Å².